The van der Waals surface area contributed by atoms with Crippen LogP contribution in [0, 0.1) is 6.92 Å². The van der Waals surface area contributed by atoms with Crippen molar-refractivity contribution in [2.75, 3.05) is 23.3 Å². The van der Waals surface area contributed by atoms with Gasteiger partial charge in [0, 0.05) is 24.8 Å². The lowest BCUT2D eigenvalue weighted by atomic mass is 10.1. The highest BCUT2D eigenvalue weighted by Crippen LogP contribution is 2.44. The number of amides is 1. The number of thioether (sulfide) groups is 1. The summed E-state index contributed by atoms with van der Waals surface area (Å²) in [5, 5.41) is 12.7. The zero-order valence-electron chi connectivity index (χ0n) is 18.4. The summed E-state index contributed by atoms with van der Waals surface area (Å²) >= 11 is 1.50. The summed E-state index contributed by atoms with van der Waals surface area (Å²) < 4.78 is 2.28. The quantitative estimate of drug-likeness (QED) is 0.493. The van der Waals surface area contributed by atoms with Crippen LogP contribution in [-0.4, -0.2) is 33.8 Å². The number of aromatic nitrogens is 3. The molecule has 3 aromatic rings. The number of rotatable bonds is 7. The molecule has 1 saturated heterocycles. The van der Waals surface area contributed by atoms with Crippen molar-refractivity contribution in [1.82, 2.24) is 14.8 Å². The van der Waals surface area contributed by atoms with E-state index in [0.717, 1.165) is 48.3 Å². The summed E-state index contributed by atoms with van der Waals surface area (Å²) in [7, 11) is 0. The maximum absolute atomic E-state index is 13.4. The third-order valence-electron chi connectivity index (χ3n) is 6.08. The molecule has 2 heterocycles. The molecule has 6 nitrogen and oxygen atoms in total. The molecule has 0 bridgehead atoms. The minimum absolute atomic E-state index is 0.0464. The zero-order valence-corrected chi connectivity index (χ0v) is 19.2. The molecule has 1 atom stereocenters. The Morgan fingerprint density at radius 1 is 1.00 bits per heavy atom. The number of hydrogen-bond donors (Lipinski definition) is 1. The molecule has 1 unspecified atom stereocenters. The second kappa shape index (κ2) is 9.36. The Morgan fingerprint density at radius 2 is 1.72 bits per heavy atom. The molecule has 1 saturated carbocycles. The average molecular weight is 448 g/mol. The van der Waals surface area contributed by atoms with E-state index in [4.69, 9.17) is 0 Å². The molecule has 1 amide bonds. The second-order valence-electron chi connectivity index (χ2n) is 8.70. The number of hydrogen-bond acceptors (Lipinski definition) is 5. The minimum Gasteiger partial charge on any atom is -0.341 e. The van der Waals surface area contributed by atoms with Crippen LogP contribution in [-0.2, 0) is 4.79 Å². The Bertz CT molecular complexity index is 1060. The largest absolute Gasteiger partial charge is 0.341 e. The van der Waals surface area contributed by atoms with Crippen LogP contribution in [0.1, 0.15) is 54.5 Å². The summed E-state index contributed by atoms with van der Waals surface area (Å²) in [6.45, 7) is 4.11. The fourth-order valence-electron chi connectivity index (χ4n) is 4.16. The molecule has 1 N–H and O–H groups in total. The highest BCUT2D eigenvalue weighted by atomic mass is 32.2. The molecule has 166 valence electrons. The molecule has 5 rings (SSSR count). The van der Waals surface area contributed by atoms with Crippen molar-refractivity contribution < 1.29 is 4.79 Å². The summed E-state index contributed by atoms with van der Waals surface area (Å²) in [5.41, 5.74) is 2.94. The van der Waals surface area contributed by atoms with Gasteiger partial charge in [-0.05, 0) is 56.7 Å². The molecular weight excluding hydrogens is 418 g/mol. The van der Waals surface area contributed by atoms with Gasteiger partial charge < -0.3 is 10.2 Å². The molecule has 2 fully saturated rings. The van der Waals surface area contributed by atoms with Gasteiger partial charge in [-0.1, -0.05) is 59.8 Å². The van der Waals surface area contributed by atoms with Gasteiger partial charge in [-0.15, -0.1) is 10.2 Å². The van der Waals surface area contributed by atoms with Crippen LogP contribution >= 0.6 is 11.8 Å². The summed E-state index contributed by atoms with van der Waals surface area (Å²) in [4.78, 5) is 15.8. The van der Waals surface area contributed by atoms with Crippen LogP contribution in [0.25, 0.3) is 0 Å². The van der Waals surface area contributed by atoms with Gasteiger partial charge in [0.15, 0.2) is 5.16 Å². The first-order valence-electron chi connectivity index (χ1n) is 11.5. The Balaban J connectivity index is 1.43. The predicted octanol–water partition coefficient (Wildman–Crippen LogP) is 5.38. The zero-order chi connectivity index (χ0) is 21.9. The van der Waals surface area contributed by atoms with E-state index in [1.807, 2.05) is 61.5 Å². The Morgan fingerprint density at radius 3 is 2.41 bits per heavy atom. The number of aryl methyl sites for hydroxylation is 1. The first-order valence-corrected chi connectivity index (χ1v) is 12.4. The van der Waals surface area contributed by atoms with E-state index in [-0.39, 0.29) is 5.91 Å². The van der Waals surface area contributed by atoms with Gasteiger partial charge in [0.1, 0.15) is 5.25 Å². The van der Waals surface area contributed by atoms with Crippen LogP contribution in [0.4, 0.5) is 11.6 Å². The number of piperidine rings is 1. The summed E-state index contributed by atoms with van der Waals surface area (Å²) in [6.07, 6.45) is 5.98. The van der Waals surface area contributed by atoms with Crippen molar-refractivity contribution in [1.29, 1.82) is 0 Å². The van der Waals surface area contributed by atoms with Crippen LogP contribution < -0.4 is 10.2 Å². The number of carbonyl (C=O) groups is 1. The van der Waals surface area contributed by atoms with Crippen molar-refractivity contribution in [2.24, 2.45) is 0 Å². The number of anilines is 2. The monoisotopic (exact) mass is 447 g/mol. The van der Waals surface area contributed by atoms with Crippen molar-refractivity contribution in [3.8, 4) is 0 Å². The number of benzene rings is 2. The SMILES string of the molecule is Cc1ccc(NC(=O)C(Sc2nnc(N3CCCCC3)n2C2CC2)c2ccccc2)cc1. The van der Waals surface area contributed by atoms with Gasteiger partial charge in [0.05, 0.1) is 0 Å². The minimum atomic E-state index is -0.409. The maximum Gasteiger partial charge on any atom is 0.242 e. The number of nitrogens with one attached hydrogen (secondary N) is 1. The van der Waals surface area contributed by atoms with E-state index in [0.29, 0.717) is 6.04 Å². The van der Waals surface area contributed by atoms with Gasteiger partial charge in [-0.3, -0.25) is 9.36 Å². The van der Waals surface area contributed by atoms with Gasteiger partial charge in [0.2, 0.25) is 11.9 Å². The van der Waals surface area contributed by atoms with Crippen LogP contribution in [0.5, 0.6) is 0 Å². The maximum atomic E-state index is 13.4. The Kier molecular flexibility index (Phi) is 6.17. The molecule has 1 aliphatic carbocycles. The van der Waals surface area contributed by atoms with Crippen LogP contribution in [0.3, 0.4) is 0 Å². The first-order chi connectivity index (χ1) is 15.7. The number of carbonyl (C=O) groups excluding carboxylic acids is 1. The molecular formula is C25H29N5OS. The predicted molar refractivity (Wildman–Crippen MR) is 129 cm³/mol. The van der Waals surface area contributed by atoms with Gasteiger partial charge in [-0.25, -0.2) is 0 Å². The lowest BCUT2D eigenvalue weighted by Crippen LogP contribution is -2.32. The van der Waals surface area contributed by atoms with Crippen molar-refractivity contribution in [3.63, 3.8) is 0 Å². The van der Waals surface area contributed by atoms with Crippen molar-refractivity contribution >= 4 is 29.3 Å². The fraction of sp³-hybridized carbons (Fsp3) is 0.400. The Labute approximate surface area is 193 Å². The van der Waals surface area contributed by atoms with Gasteiger partial charge in [-0.2, -0.15) is 0 Å². The Hall–Kier alpha value is -2.80. The summed E-state index contributed by atoms with van der Waals surface area (Å²) in [6, 6.07) is 18.3. The van der Waals surface area contributed by atoms with E-state index in [2.05, 4.69) is 25.0 Å². The molecule has 32 heavy (non-hydrogen) atoms. The summed E-state index contributed by atoms with van der Waals surface area (Å²) in [5.74, 6) is 0.926. The van der Waals surface area contributed by atoms with Gasteiger partial charge in [0.25, 0.3) is 0 Å². The lowest BCUT2D eigenvalue weighted by molar-refractivity contribution is -0.115. The van der Waals surface area contributed by atoms with E-state index in [9.17, 15) is 4.79 Å². The highest BCUT2D eigenvalue weighted by Gasteiger charge is 2.34. The molecule has 2 aromatic carbocycles. The molecule has 2 aliphatic rings. The fourth-order valence-corrected chi connectivity index (χ4v) is 5.26. The normalized spacial score (nSPS) is 17.2. The van der Waals surface area contributed by atoms with Crippen molar-refractivity contribution in [3.05, 3.63) is 65.7 Å². The van der Waals surface area contributed by atoms with Crippen LogP contribution in [0.15, 0.2) is 59.8 Å². The van der Waals surface area contributed by atoms with E-state index in [1.54, 1.807) is 0 Å². The standard InChI is InChI=1S/C25H29N5OS/c1-18-10-12-20(13-11-18)26-23(31)22(19-8-4-2-5-9-19)32-25-28-27-24(30(25)21-14-15-21)29-16-6-3-7-17-29/h2,4-5,8-13,21-22H,3,6-7,14-17H2,1H3,(H,26,31). The topological polar surface area (TPSA) is 63.1 Å². The molecule has 0 radical (unpaired) electrons. The lowest BCUT2D eigenvalue weighted by Gasteiger charge is -2.28. The molecule has 0 spiro atoms. The second-order valence-corrected chi connectivity index (χ2v) is 9.77. The smallest absolute Gasteiger partial charge is 0.242 e. The van der Waals surface area contributed by atoms with Crippen molar-refractivity contribution in [2.45, 2.75) is 55.5 Å². The third-order valence-corrected chi connectivity index (χ3v) is 7.29. The van der Waals surface area contributed by atoms with E-state index in [1.165, 1.54) is 36.6 Å². The average Bonchev–Trinajstić information content (AvgIpc) is 3.59. The third kappa shape index (κ3) is 4.67. The number of nitrogens with zero attached hydrogens (tertiary/aromatic N) is 4. The molecule has 1 aromatic heterocycles. The first kappa shape index (κ1) is 21.1. The molecule has 1 aliphatic heterocycles. The molecule has 7 heteroatoms. The van der Waals surface area contributed by atoms with Crippen LogP contribution in [0.2, 0.25) is 0 Å². The highest BCUT2D eigenvalue weighted by molar-refractivity contribution is 8.00. The van der Waals surface area contributed by atoms with Gasteiger partial charge >= 0.3 is 0 Å². The van der Waals surface area contributed by atoms with E-state index < -0.39 is 5.25 Å². The van der Waals surface area contributed by atoms with E-state index >= 15 is 0 Å².